The van der Waals surface area contributed by atoms with Crippen LogP contribution in [0.15, 0.2) is 48.5 Å². The van der Waals surface area contributed by atoms with E-state index >= 15 is 0 Å². The average molecular weight is 489 g/mol. The summed E-state index contributed by atoms with van der Waals surface area (Å²) in [6, 6.07) is 11.5. The van der Waals surface area contributed by atoms with Crippen LogP contribution in [0.5, 0.6) is 0 Å². The fourth-order valence-corrected chi connectivity index (χ4v) is 3.83. The van der Waals surface area contributed by atoms with Gasteiger partial charge in [-0.3, -0.25) is 0 Å². The largest absolute Gasteiger partial charge is 0.416 e. The van der Waals surface area contributed by atoms with Crippen LogP contribution in [0.1, 0.15) is 35.1 Å². The Kier molecular flexibility index (Phi) is 9.69. The molecule has 2 N–H and O–H groups in total. The van der Waals surface area contributed by atoms with Crippen LogP contribution in [0.4, 0.5) is 26.3 Å². The first kappa shape index (κ1) is 27.6. The molecule has 174 valence electrons. The summed E-state index contributed by atoms with van der Waals surface area (Å²) >= 11 is 0. The van der Waals surface area contributed by atoms with Crippen molar-refractivity contribution >= 4 is 24.8 Å². The minimum absolute atomic E-state index is 0. The lowest BCUT2D eigenvalue weighted by atomic mass is 9.73. The van der Waals surface area contributed by atoms with Crippen molar-refractivity contribution < 1.29 is 26.3 Å². The third-order valence-corrected chi connectivity index (χ3v) is 5.39. The maximum atomic E-state index is 13.0. The lowest BCUT2D eigenvalue weighted by Crippen LogP contribution is -2.46. The van der Waals surface area contributed by atoms with Gasteiger partial charge in [-0.05, 0) is 55.3 Å². The average Bonchev–Trinajstić information content (AvgIpc) is 2.68. The standard InChI is InChI=1S/C21H22F6N2.2ClH/c22-20(23,24)17-10-15(11-18(12-17)21(25,26)27)13-29-14-19(6-8-28-9-7-19)16-4-2-1-3-5-16;;/h1-5,10-12,28-29H,6-9,13-14H2;2*1H. The Balaban J connectivity index is 0.00000240. The number of halogens is 8. The van der Waals surface area contributed by atoms with E-state index in [4.69, 9.17) is 0 Å². The fourth-order valence-electron chi connectivity index (χ4n) is 3.83. The highest BCUT2D eigenvalue weighted by atomic mass is 35.5. The Bertz CT molecular complexity index is 787. The predicted octanol–water partition coefficient (Wildman–Crippen LogP) is 5.98. The number of alkyl halides is 6. The van der Waals surface area contributed by atoms with Gasteiger partial charge in [0.15, 0.2) is 0 Å². The van der Waals surface area contributed by atoms with Gasteiger partial charge in [0.25, 0.3) is 0 Å². The molecule has 0 bridgehead atoms. The Morgan fingerprint density at radius 2 is 1.32 bits per heavy atom. The zero-order chi connectivity index (χ0) is 21.1. The second-order valence-corrected chi connectivity index (χ2v) is 7.41. The first-order valence-electron chi connectivity index (χ1n) is 9.36. The van der Waals surface area contributed by atoms with Gasteiger partial charge in [0.05, 0.1) is 11.1 Å². The number of rotatable bonds is 5. The minimum atomic E-state index is -4.84. The molecule has 2 aromatic rings. The first-order valence-corrected chi connectivity index (χ1v) is 9.36. The van der Waals surface area contributed by atoms with Crippen LogP contribution in [0.2, 0.25) is 0 Å². The first-order chi connectivity index (χ1) is 13.6. The number of nitrogens with one attached hydrogen (secondary N) is 2. The van der Waals surface area contributed by atoms with E-state index in [2.05, 4.69) is 10.6 Å². The molecule has 1 saturated heterocycles. The van der Waals surface area contributed by atoms with Crippen LogP contribution < -0.4 is 10.6 Å². The second kappa shape index (κ2) is 10.9. The summed E-state index contributed by atoms with van der Waals surface area (Å²) in [5.74, 6) is 0. The molecule has 3 rings (SSSR count). The van der Waals surface area contributed by atoms with Crippen LogP contribution in [0.25, 0.3) is 0 Å². The zero-order valence-electron chi connectivity index (χ0n) is 16.4. The lowest BCUT2D eigenvalue weighted by Gasteiger charge is -2.38. The van der Waals surface area contributed by atoms with E-state index in [1.54, 1.807) is 0 Å². The Morgan fingerprint density at radius 3 is 1.81 bits per heavy atom. The molecule has 0 spiro atoms. The van der Waals surface area contributed by atoms with Gasteiger partial charge in [-0.1, -0.05) is 30.3 Å². The number of hydrogen-bond donors (Lipinski definition) is 2. The molecule has 0 amide bonds. The molecule has 10 heteroatoms. The highest BCUT2D eigenvalue weighted by molar-refractivity contribution is 5.85. The lowest BCUT2D eigenvalue weighted by molar-refractivity contribution is -0.143. The second-order valence-electron chi connectivity index (χ2n) is 7.41. The summed E-state index contributed by atoms with van der Waals surface area (Å²) in [6.45, 7) is 2.00. The van der Waals surface area contributed by atoms with Crippen molar-refractivity contribution in [3.63, 3.8) is 0 Å². The van der Waals surface area contributed by atoms with E-state index in [0.29, 0.717) is 6.54 Å². The number of benzene rings is 2. The summed E-state index contributed by atoms with van der Waals surface area (Å²) in [5.41, 5.74) is -1.70. The molecule has 0 atom stereocenters. The van der Waals surface area contributed by atoms with E-state index in [1.807, 2.05) is 30.3 Å². The van der Waals surface area contributed by atoms with Gasteiger partial charge in [0.1, 0.15) is 0 Å². The highest BCUT2D eigenvalue weighted by Gasteiger charge is 2.37. The molecule has 1 heterocycles. The van der Waals surface area contributed by atoms with Crippen molar-refractivity contribution in [3.8, 4) is 0 Å². The molecule has 0 unspecified atom stereocenters. The molecule has 1 aliphatic heterocycles. The Morgan fingerprint density at radius 1 is 0.806 bits per heavy atom. The summed E-state index contributed by atoms with van der Waals surface area (Å²) in [5, 5.41) is 6.39. The molecular formula is C21H24Cl2F6N2. The molecule has 2 aromatic carbocycles. The van der Waals surface area contributed by atoms with Crippen molar-refractivity contribution in [1.29, 1.82) is 0 Å². The molecular weight excluding hydrogens is 465 g/mol. The molecule has 0 saturated carbocycles. The van der Waals surface area contributed by atoms with Gasteiger partial charge < -0.3 is 10.6 Å². The van der Waals surface area contributed by atoms with Gasteiger partial charge >= 0.3 is 12.4 Å². The van der Waals surface area contributed by atoms with E-state index in [0.717, 1.165) is 43.6 Å². The predicted molar refractivity (Wildman–Crippen MR) is 113 cm³/mol. The molecule has 0 aromatic heterocycles. The zero-order valence-corrected chi connectivity index (χ0v) is 18.1. The van der Waals surface area contributed by atoms with Gasteiger partial charge in [-0.15, -0.1) is 24.8 Å². The van der Waals surface area contributed by atoms with Crippen molar-refractivity contribution in [1.82, 2.24) is 10.6 Å². The van der Waals surface area contributed by atoms with Crippen molar-refractivity contribution in [2.24, 2.45) is 0 Å². The maximum absolute atomic E-state index is 13.0. The minimum Gasteiger partial charge on any atom is -0.317 e. The monoisotopic (exact) mass is 488 g/mol. The summed E-state index contributed by atoms with van der Waals surface area (Å²) < 4.78 is 78.2. The van der Waals surface area contributed by atoms with Gasteiger partial charge in [0.2, 0.25) is 0 Å². The van der Waals surface area contributed by atoms with E-state index in [1.165, 1.54) is 0 Å². The van der Waals surface area contributed by atoms with Gasteiger partial charge in [-0.25, -0.2) is 0 Å². The van der Waals surface area contributed by atoms with Gasteiger partial charge in [-0.2, -0.15) is 26.3 Å². The summed E-state index contributed by atoms with van der Waals surface area (Å²) in [7, 11) is 0. The van der Waals surface area contributed by atoms with Crippen molar-refractivity contribution in [3.05, 3.63) is 70.8 Å². The maximum Gasteiger partial charge on any atom is 0.416 e. The molecule has 1 aliphatic rings. The third kappa shape index (κ3) is 7.00. The molecule has 31 heavy (non-hydrogen) atoms. The molecule has 2 nitrogen and oxygen atoms in total. The fraction of sp³-hybridized carbons (Fsp3) is 0.429. The van der Waals surface area contributed by atoms with Crippen LogP contribution in [0.3, 0.4) is 0 Å². The van der Waals surface area contributed by atoms with Crippen LogP contribution in [-0.4, -0.2) is 19.6 Å². The quantitative estimate of drug-likeness (QED) is 0.506. The topological polar surface area (TPSA) is 24.1 Å². The summed E-state index contributed by atoms with van der Waals surface area (Å²) in [4.78, 5) is 0. The normalized spacial score (nSPS) is 16.2. The van der Waals surface area contributed by atoms with Crippen molar-refractivity contribution in [2.45, 2.75) is 37.2 Å². The van der Waals surface area contributed by atoms with E-state index in [9.17, 15) is 26.3 Å². The van der Waals surface area contributed by atoms with Crippen molar-refractivity contribution in [2.75, 3.05) is 19.6 Å². The van der Waals surface area contributed by atoms with E-state index < -0.39 is 23.5 Å². The van der Waals surface area contributed by atoms with E-state index in [-0.39, 0.29) is 48.4 Å². The van der Waals surface area contributed by atoms with Crippen LogP contribution in [0, 0.1) is 0 Å². The number of hydrogen-bond acceptors (Lipinski definition) is 2. The SMILES string of the molecule is Cl.Cl.FC(F)(F)c1cc(CNCC2(c3ccccc3)CCNCC2)cc(C(F)(F)F)c1. The Labute approximate surface area is 189 Å². The Hall–Kier alpha value is -1.48. The molecule has 0 aliphatic carbocycles. The summed E-state index contributed by atoms with van der Waals surface area (Å²) in [6.07, 6.45) is -8.01. The third-order valence-electron chi connectivity index (χ3n) is 5.39. The highest BCUT2D eigenvalue weighted by Crippen LogP contribution is 2.37. The van der Waals surface area contributed by atoms with Crippen LogP contribution in [-0.2, 0) is 24.3 Å². The smallest absolute Gasteiger partial charge is 0.317 e. The van der Waals surface area contributed by atoms with Gasteiger partial charge in [0, 0.05) is 18.5 Å². The van der Waals surface area contributed by atoms with Crippen LogP contribution >= 0.6 is 24.8 Å². The molecule has 0 radical (unpaired) electrons. The number of piperidine rings is 1. The molecule has 1 fully saturated rings.